The molecule has 1 aromatic carbocycles. The van der Waals surface area contributed by atoms with Crippen LogP contribution in [0.4, 0.5) is 5.69 Å². The van der Waals surface area contributed by atoms with Gasteiger partial charge in [0.15, 0.2) is 0 Å². The van der Waals surface area contributed by atoms with Crippen molar-refractivity contribution in [2.24, 2.45) is 5.73 Å². The van der Waals surface area contributed by atoms with Gasteiger partial charge in [0.25, 0.3) is 0 Å². The van der Waals surface area contributed by atoms with E-state index in [0.717, 1.165) is 19.3 Å². The number of carbonyl (C=O) groups excluding carboxylic acids is 1. The van der Waals surface area contributed by atoms with Gasteiger partial charge in [-0.15, -0.1) is 0 Å². The lowest BCUT2D eigenvalue weighted by molar-refractivity contribution is -0.117. The molecule has 1 aliphatic carbocycles. The van der Waals surface area contributed by atoms with E-state index in [-0.39, 0.29) is 16.8 Å². The highest BCUT2D eigenvalue weighted by atomic mass is 32.2. The van der Waals surface area contributed by atoms with Crippen LogP contribution in [0.2, 0.25) is 0 Å². The monoisotopic (exact) mass is 311 g/mol. The molecule has 6 nitrogen and oxygen atoms in total. The predicted octanol–water partition coefficient (Wildman–Crippen LogP) is 1.19. The van der Waals surface area contributed by atoms with Gasteiger partial charge in [-0.1, -0.05) is 19.4 Å². The van der Waals surface area contributed by atoms with Crippen molar-refractivity contribution in [3.63, 3.8) is 0 Å². The van der Waals surface area contributed by atoms with Crippen molar-refractivity contribution >= 4 is 21.6 Å². The second-order valence-corrected chi connectivity index (χ2v) is 7.02. The Bertz CT molecular complexity index is 612. The molecule has 116 valence electrons. The molecular weight excluding hydrogens is 290 g/mol. The smallest absolute Gasteiger partial charge is 0.241 e. The molecule has 0 bridgehead atoms. The molecule has 4 N–H and O–H groups in total. The molecule has 0 heterocycles. The van der Waals surface area contributed by atoms with Gasteiger partial charge in [-0.3, -0.25) is 4.79 Å². The molecule has 0 aliphatic heterocycles. The van der Waals surface area contributed by atoms with Crippen molar-refractivity contribution in [2.75, 3.05) is 5.32 Å². The van der Waals surface area contributed by atoms with Crippen LogP contribution in [-0.2, 0) is 14.8 Å². The molecular formula is C14H21N3O3S. The summed E-state index contributed by atoms with van der Waals surface area (Å²) in [5, 5.41) is 2.65. The molecule has 1 fully saturated rings. The van der Waals surface area contributed by atoms with E-state index >= 15 is 0 Å². The van der Waals surface area contributed by atoms with Gasteiger partial charge in [-0.05, 0) is 37.5 Å². The number of hydrogen-bond acceptors (Lipinski definition) is 4. The van der Waals surface area contributed by atoms with E-state index in [2.05, 4.69) is 10.0 Å². The summed E-state index contributed by atoms with van der Waals surface area (Å²) in [6.07, 6.45) is 3.16. The molecule has 0 unspecified atom stereocenters. The predicted molar refractivity (Wildman–Crippen MR) is 81.3 cm³/mol. The van der Waals surface area contributed by atoms with Crippen LogP contribution in [0.15, 0.2) is 29.2 Å². The Labute approximate surface area is 125 Å². The molecule has 1 aliphatic rings. The highest BCUT2D eigenvalue weighted by Gasteiger charge is 2.28. The number of carbonyl (C=O) groups is 1. The minimum atomic E-state index is -3.52. The summed E-state index contributed by atoms with van der Waals surface area (Å²) in [4.78, 5) is 12.0. The first kappa shape index (κ1) is 15.9. The highest BCUT2D eigenvalue weighted by Crippen LogP contribution is 2.23. The first-order valence-corrected chi connectivity index (χ1v) is 8.59. The fourth-order valence-electron chi connectivity index (χ4n) is 1.91. The Balaban J connectivity index is 2.08. The number of nitrogens with two attached hydrogens (primary N) is 1. The Morgan fingerprint density at radius 1 is 1.43 bits per heavy atom. The Morgan fingerprint density at radius 3 is 2.76 bits per heavy atom. The maximum Gasteiger partial charge on any atom is 0.241 e. The number of amides is 1. The van der Waals surface area contributed by atoms with Gasteiger partial charge in [-0.2, -0.15) is 0 Å². The first-order chi connectivity index (χ1) is 9.92. The Morgan fingerprint density at radius 2 is 2.14 bits per heavy atom. The molecule has 0 saturated heterocycles. The van der Waals surface area contributed by atoms with E-state index in [1.807, 2.05) is 6.92 Å². The average Bonchev–Trinajstić information content (AvgIpc) is 3.22. The number of anilines is 1. The molecule has 1 saturated carbocycles. The van der Waals surface area contributed by atoms with Crippen molar-refractivity contribution in [1.29, 1.82) is 0 Å². The van der Waals surface area contributed by atoms with Gasteiger partial charge in [0, 0.05) is 11.7 Å². The fourth-order valence-corrected chi connectivity index (χ4v) is 3.26. The fraction of sp³-hybridized carbons (Fsp3) is 0.500. The molecule has 2 rings (SSSR count). The minimum Gasteiger partial charge on any atom is -0.325 e. The zero-order chi connectivity index (χ0) is 15.5. The third-order valence-corrected chi connectivity index (χ3v) is 4.77. The molecule has 1 amide bonds. The van der Waals surface area contributed by atoms with Gasteiger partial charge < -0.3 is 11.1 Å². The zero-order valence-electron chi connectivity index (χ0n) is 12.0. The van der Waals surface area contributed by atoms with Gasteiger partial charge >= 0.3 is 0 Å². The van der Waals surface area contributed by atoms with Crippen LogP contribution in [0.1, 0.15) is 32.6 Å². The summed E-state index contributed by atoms with van der Waals surface area (Å²) in [6.45, 7) is 1.95. The largest absolute Gasteiger partial charge is 0.325 e. The van der Waals surface area contributed by atoms with Crippen molar-refractivity contribution < 1.29 is 13.2 Å². The van der Waals surface area contributed by atoms with Gasteiger partial charge in [0.1, 0.15) is 0 Å². The normalized spacial score (nSPS) is 16.5. The quantitative estimate of drug-likeness (QED) is 0.704. The standard InChI is InChI=1S/C14H21N3O3S/c1-2-4-13(15)14(18)16-11-5-3-6-12(9-11)21(19,20)17-10-7-8-10/h3,5-6,9-10,13,17H,2,4,7-8,15H2,1H3,(H,16,18)/t13-/m1/s1. The molecule has 1 atom stereocenters. The van der Waals surface area contributed by atoms with Crippen LogP contribution >= 0.6 is 0 Å². The SMILES string of the molecule is CCC[C@@H](N)C(=O)Nc1cccc(S(=O)(=O)NC2CC2)c1. The van der Waals surface area contributed by atoms with Gasteiger partial charge in [-0.25, -0.2) is 13.1 Å². The van der Waals surface area contributed by atoms with E-state index in [4.69, 9.17) is 5.73 Å². The summed E-state index contributed by atoms with van der Waals surface area (Å²) in [6, 6.07) is 5.66. The second kappa shape index (κ2) is 6.55. The maximum absolute atomic E-state index is 12.1. The molecule has 1 aromatic rings. The Hall–Kier alpha value is -1.44. The summed E-state index contributed by atoms with van der Waals surface area (Å²) in [5.41, 5.74) is 6.17. The van der Waals surface area contributed by atoms with Crippen LogP contribution in [0.5, 0.6) is 0 Å². The summed E-state index contributed by atoms with van der Waals surface area (Å²) >= 11 is 0. The zero-order valence-corrected chi connectivity index (χ0v) is 12.8. The summed E-state index contributed by atoms with van der Waals surface area (Å²) in [5.74, 6) is -0.304. The number of rotatable bonds is 7. The van der Waals surface area contributed by atoms with Crippen LogP contribution in [-0.4, -0.2) is 26.4 Å². The lowest BCUT2D eigenvalue weighted by Crippen LogP contribution is -2.35. The number of nitrogens with one attached hydrogen (secondary N) is 2. The molecule has 21 heavy (non-hydrogen) atoms. The molecule has 0 spiro atoms. The second-order valence-electron chi connectivity index (χ2n) is 5.31. The van der Waals surface area contributed by atoms with E-state index < -0.39 is 16.1 Å². The molecule has 7 heteroatoms. The third-order valence-electron chi connectivity index (χ3n) is 3.25. The maximum atomic E-state index is 12.1. The molecule has 0 aromatic heterocycles. The summed E-state index contributed by atoms with van der Waals surface area (Å²) in [7, 11) is -3.52. The van der Waals surface area contributed by atoms with E-state index in [1.54, 1.807) is 12.1 Å². The number of benzene rings is 1. The number of hydrogen-bond donors (Lipinski definition) is 3. The minimum absolute atomic E-state index is 0.0474. The molecule has 0 radical (unpaired) electrons. The topological polar surface area (TPSA) is 101 Å². The van der Waals surface area contributed by atoms with Crippen molar-refractivity contribution in [3.05, 3.63) is 24.3 Å². The average molecular weight is 311 g/mol. The van der Waals surface area contributed by atoms with E-state index in [1.165, 1.54) is 12.1 Å². The third kappa shape index (κ3) is 4.52. The van der Waals surface area contributed by atoms with Gasteiger partial charge in [0.2, 0.25) is 15.9 Å². The Kier molecular flexibility index (Phi) is 4.97. The van der Waals surface area contributed by atoms with Gasteiger partial charge in [0.05, 0.1) is 10.9 Å². The van der Waals surface area contributed by atoms with Crippen LogP contribution in [0.3, 0.4) is 0 Å². The number of sulfonamides is 1. The summed E-state index contributed by atoms with van der Waals surface area (Å²) < 4.78 is 26.8. The van der Waals surface area contributed by atoms with E-state index in [9.17, 15) is 13.2 Å². The van der Waals surface area contributed by atoms with Crippen molar-refractivity contribution in [3.8, 4) is 0 Å². The first-order valence-electron chi connectivity index (χ1n) is 7.11. The van der Waals surface area contributed by atoms with Crippen molar-refractivity contribution in [2.45, 2.75) is 49.6 Å². The lowest BCUT2D eigenvalue weighted by atomic mass is 10.1. The lowest BCUT2D eigenvalue weighted by Gasteiger charge is -2.12. The van der Waals surface area contributed by atoms with Crippen LogP contribution in [0, 0.1) is 0 Å². The van der Waals surface area contributed by atoms with Crippen LogP contribution < -0.4 is 15.8 Å². The highest BCUT2D eigenvalue weighted by molar-refractivity contribution is 7.89. The van der Waals surface area contributed by atoms with E-state index in [0.29, 0.717) is 12.1 Å². The van der Waals surface area contributed by atoms with Crippen LogP contribution in [0.25, 0.3) is 0 Å². The van der Waals surface area contributed by atoms with Crippen molar-refractivity contribution in [1.82, 2.24) is 4.72 Å².